The van der Waals surface area contributed by atoms with Gasteiger partial charge in [0.1, 0.15) is 0 Å². The maximum atomic E-state index is 12.8. The monoisotopic (exact) mass is 317 g/mol. The molecule has 9 heteroatoms. The lowest BCUT2D eigenvalue weighted by Crippen LogP contribution is -2.19. The van der Waals surface area contributed by atoms with Gasteiger partial charge >= 0.3 is 6.18 Å². The number of nitrogen functional groups attached to an aromatic ring is 1. The summed E-state index contributed by atoms with van der Waals surface area (Å²) in [7, 11) is -4.31. The van der Waals surface area contributed by atoms with Crippen LogP contribution in [0.3, 0.4) is 0 Å². The third kappa shape index (κ3) is 3.24. The van der Waals surface area contributed by atoms with E-state index in [2.05, 4.69) is 4.98 Å². The van der Waals surface area contributed by atoms with E-state index in [1.807, 2.05) is 4.72 Å². The van der Waals surface area contributed by atoms with Crippen molar-refractivity contribution < 1.29 is 21.6 Å². The van der Waals surface area contributed by atoms with Crippen molar-refractivity contribution in [1.82, 2.24) is 4.98 Å². The van der Waals surface area contributed by atoms with Crippen molar-refractivity contribution in [1.29, 1.82) is 0 Å². The van der Waals surface area contributed by atoms with Gasteiger partial charge in [-0.1, -0.05) is 12.1 Å². The van der Waals surface area contributed by atoms with E-state index in [1.165, 1.54) is 24.4 Å². The molecule has 2 rings (SSSR count). The van der Waals surface area contributed by atoms with Gasteiger partial charge in [0, 0.05) is 6.20 Å². The summed E-state index contributed by atoms with van der Waals surface area (Å²) in [4.78, 5) is 3.58. The minimum atomic E-state index is -4.69. The van der Waals surface area contributed by atoms with E-state index >= 15 is 0 Å². The van der Waals surface area contributed by atoms with Crippen molar-refractivity contribution in [2.45, 2.75) is 11.2 Å². The molecule has 0 spiro atoms. The third-order valence-electron chi connectivity index (χ3n) is 2.53. The molecule has 0 amide bonds. The van der Waals surface area contributed by atoms with E-state index in [9.17, 15) is 21.6 Å². The zero-order chi connectivity index (χ0) is 15.7. The molecular weight excluding hydrogens is 307 g/mol. The summed E-state index contributed by atoms with van der Waals surface area (Å²) in [5, 5.41) is -0.526. The van der Waals surface area contributed by atoms with E-state index in [1.54, 1.807) is 0 Å². The molecule has 0 fully saturated rings. The maximum Gasteiger partial charge on any atom is 0.418 e. The Kier molecular flexibility index (Phi) is 3.77. The molecule has 0 bridgehead atoms. The van der Waals surface area contributed by atoms with Gasteiger partial charge in [0.2, 0.25) is 0 Å². The van der Waals surface area contributed by atoms with E-state index in [-0.39, 0.29) is 5.69 Å². The van der Waals surface area contributed by atoms with Crippen LogP contribution in [0.2, 0.25) is 0 Å². The number of alkyl halides is 3. The van der Waals surface area contributed by atoms with Crippen molar-refractivity contribution in [3.63, 3.8) is 0 Å². The number of nitrogens with one attached hydrogen (secondary N) is 1. The summed E-state index contributed by atoms with van der Waals surface area (Å²) < 4.78 is 64.5. The first-order valence-electron chi connectivity index (χ1n) is 5.61. The van der Waals surface area contributed by atoms with Crippen LogP contribution in [0.4, 0.5) is 24.5 Å². The summed E-state index contributed by atoms with van der Waals surface area (Å²) in [5.41, 5.74) is 3.64. The molecule has 0 aliphatic rings. The predicted octanol–water partition coefficient (Wildman–Crippen LogP) is 2.48. The fourth-order valence-corrected chi connectivity index (χ4v) is 2.78. The van der Waals surface area contributed by atoms with Crippen LogP contribution in [0.15, 0.2) is 47.6 Å². The van der Waals surface area contributed by atoms with E-state index < -0.39 is 32.5 Å². The highest BCUT2D eigenvalue weighted by Crippen LogP contribution is 2.35. The minimum Gasteiger partial charge on any atom is -0.396 e. The van der Waals surface area contributed by atoms with Gasteiger partial charge < -0.3 is 5.73 Å². The summed E-state index contributed by atoms with van der Waals surface area (Å²) >= 11 is 0. The average molecular weight is 317 g/mol. The van der Waals surface area contributed by atoms with Crippen LogP contribution in [-0.2, 0) is 16.2 Å². The Morgan fingerprint density at radius 3 is 2.38 bits per heavy atom. The topological polar surface area (TPSA) is 85.1 Å². The number of rotatable bonds is 3. The smallest absolute Gasteiger partial charge is 0.396 e. The molecule has 5 nitrogen and oxygen atoms in total. The maximum absolute atomic E-state index is 12.8. The molecule has 0 saturated heterocycles. The second kappa shape index (κ2) is 5.24. The Morgan fingerprint density at radius 1 is 1.10 bits per heavy atom. The van der Waals surface area contributed by atoms with E-state index in [0.29, 0.717) is 0 Å². The molecule has 0 radical (unpaired) electrons. The highest BCUT2D eigenvalue weighted by molar-refractivity contribution is 7.92. The number of sulfonamides is 1. The molecule has 3 N–H and O–H groups in total. The summed E-state index contributed by atoms with van der Waals surface area (Å²) in [6.07, 6.45) is -3.50. The molecule has 1 aromatic carbocycles. The van der Waals surface area contributed by atoms with Crippen molar-refractivity contribution >= 4 is 21.4 Å². The molecule has 0 atom stereocenters. The average Bonchev–Trinajstić information content (AvgIpc) is 2.38. The number of hydrogen-bond acceptors (Lipinski definition) is 4. The standard InChI is InChI=1S/C12H10F3N3O2S/c13-12(14,15)8-4-1-2-6-10(8)18-21(19,20)11-9(16)5-3-7-17-11/h1-7,18H,16H2. The van der Waals surface area contributed by atoms with Gasteiger partial charge in [-0.3, -0.25) is 4.72 Å². The molecular formula is C12H10F3N3O2S. The molecule has 1 aromatic heterocycles. The summed E-state index contributed by atoms with van der Waals surface area (Å²) in [6.45, 7) is 0. The van der Waals surface area contributed by atoms with E-state index in [4.69, 9.17) is 5.73 Å². The number of halogens is 3. The lowest BCUT2D eigenvalue weighted by molar-refractivity contribution is -0.136. The Balaban J connectivity index is 2.46. The first-order valence-corrected chi connectivity index (χ1v) is 7.09. The van der Waals surface area contributed by atoms with Gasteiger partial charge in [0.25, 0.3) is 10.0 Å². The van der Waals surface area contributed by atoms with Gasteiger partial charge in [-0.25, -0.2) is 4.98 Å². The Labute approximate surface area is 118 Å². The highest BCUT2D eigenvalue weighted by atomic mass is 32.2. The Morgan fingerprint density at radius 2 is 1.76 bits per heavy atom. The van der Waals surface area contributed by atoms with Crippen molar-refractivity contribution in [2.24, 2.45) is 0 Å². The minimum absolute atomic E-state index is 0.158. The van der Waals surface area contributed by atoms with Gasteiger partial charge in [0.05, 0.1) is 16.9 Å². The normalized spacial score (nSPS) is 12.1. The first kappa shape index (κ1) is 15.1. The second-order valence-electron chi connectivity index (χ2n) is 4.05. The molecule has 0 saturated carbocycles. The summed E-state index contributed by atoms with van der Waals surface area (Å²) in [6, 6.07) is 6.94. The molecule has 0 aliphatic heterocycles. The molecule has 112 valence electrons. The highest BCUT2D eigenvalue weighted by Gasteiger charge is 2.34. The van der Waals surface area contributed by atoms with Crippen LogP contribution in [0.5, 0.6) is 0 Å². The first-order chi connectivity index (χ1) is 9.72. The number of anilines is 2. The molecule has 0 aliphatic carbocycles. The van der Waals surface area contributed by atoms with Gasteiger partial charge in [-0.15, -0.1) is 0 Å². The van der Waals surface area contributed by atoms with E-state index in [0.717, 1.165) is 18.2 Å². The van der Waals surface area contributed by atoms with Crippen molar-refractivity contribution in [3.05, 3.63) is 48.2 Å². The number of aromatic nitrogens is 1. The van der Waals surface area contributed by atoms with Gasteiger partial charge in [-0.05, 0) is 24.3 Å². The van der Waals surface area contributed by atoms with Crippen LogP contribution in [-0.4, -0.2) is 13.4 Å². The van der Waals surface area contributed by atoms with Gasteiger partial charge in [0.15, 0.2) is 5.03 Å². The molecule has 1 heterocycles. The molecule has 21 heavy (non-hydrogen) atoms. The number of para-hydroxylation sites is 1. The fraction of sp³-hybridized carbons (Fsp3) is 0.0833. The predicted molar refractivity (Wildman–Crippen MR) is 70.9 cm³/mol. The van der Waals surface area contributed by atoms with Crippen molar-refractivity contribution in [3.8, 4) is 0 Å². The Bertz CT molecular complexity index is 760. The van der Waals surface area contributed by atoms with Crippen LogP contribution < -0.4 is 10.5 Å². The second-order valence-corrected chi connectivity index (χ2v) is 5.64. The summed E-state index contributed by atoms with van der Waals surface area (Å²) in [5.74, 6) is 0. The third-order valence-corrected chi connectivity index (χ3v) is 3.87. The lowest BCUT2D eigenvalue weighted by atomic mass is 10.2. The number of nitrogens with zero attached hydrogens (tertiary/aromatic N) is 1. The largest absolute Gasteiger partial charge is 0.418 e. The number of benzene rings is 1. The number of nitrogens with two attached hydrogens (primary N) is 1. The zero-order valence-electron chi connectivity index (χ0n) is 10.4. The van der Waals surface area contributed by atoms with Crippen LogP contribution in [0.25, 0.3) is 0 Å². The molecule has 0 unspecified atom stereocenters. The van der Waals surface area contributed by atoms with Crippen molar-refractivity contribution in [2.75, 3.05) is 10.5 Å². The van der Waals surface area contributed by atoms with Crippen LogP contribution in [0, 0.1) is 0 Å². The molecule has 2 aromatic rings. The fourth-order valence-electron chi connectivity index (χ4n) is 1.64. The zero-order valence-corrected chi connectivity index (χ0v) is 11.2. The number of pyridine rings is 1. The quantitative estimate of drug-likeness (QED) is 0.911. The van der Waals surface area contributed by atoms with Gasteiger partial charge in [-0.2, -0.15) is 21.6 Å². The van der Waals surface area contributed by atoms with Crippen LogP contribution >= 0.6 is 0 Å². The number of hydrogen-bond donors (Lipinski definition) is 2. The van der Waals surface area contributed by atoms with Crippen LogP contribution in [0.1, 0.15) is 5.56 Å². The Hall–Kier alpha value is -2.29. The SMILES string of the molecule is Nc1cccnc1S(=O)(=O)Nc1ccccc1C(F)(F)F. The lowest BCUT2D eigenvalue weighted by Gasteiger charge is -2.14.